The molecule has 206 valence electrons. The zero-order valence-electron chi connectivity index (χ0n) is 22.6. The third kappa shape index (κ3) is 5.30. The minimum Gasteiger partial charge on any atom is -0.510 e. The number of furan rings is 1. The first-order chi connectivity index (χ1) is 19.4. The molecule has 7 aromatic rings. The summed E-state index contributed by atoms with van der Waals surface area (Å²) in [6, 6.07) is 36.7. The Labute approximate surface area is 257 Å². The number of aromatic nitrogens is 3. The van der Waals surface area contributed by atoms with Crippen molar-refractivity contribution >= 4 is 44.9 Å². The second kappa shape index (κ2) is 10.8. The van der Waals surface area contributed by atoms with Gasteiger partial charge in [-0.15, -0.1) is 18.2 Å². The predicted octanol–water partition coefficient (Wildman–Crippen LogP) is 8.26. The van der Waals surface area contributed by atoms with E-state index in [4.69, 9.17) is 9.15 Å². The van der Waals surface area contributed by atoms with Crippen LogP contribution in [0.4, 0.5) is 0 Å². The third-order valence-corrected chi connectivity index (χ3v) is 7.69. The molecule has 0 unspecified atom stereocenters. The Morgan fingerprint density at radius 2 is 1.71 bits per heavy atom. The number of imidazole rings is 1. The van der Waals surface area contributed by atoms with Gasteiger partial charge in [0.05, 0.1) is 11.0 Å². The Balaban J connectivity index is 0.00000302. The second-order valence-electron chi connectivity index (χ2n) is 10.6. The van der Waals surface area contributed by atoms with Crippen molar-refractivity contribution in [1.29, 1.82) is 0 Å². The van der Waals surface area contributed by atoms with Gasteiger partial charge in [-0.3, -0.25) is 0 Å². The number of hydrogen-bond acceptors (Lipinski definition) is 4. The number of pyridine rings is 1. The summed E-state index contributed by atoms with van der Waals surface area (Å²) in [5.41, 5.74) is 5.74. The topological polar surface area (TPSA) is 44.1 Å². The van der Waals surface area contributed by atoms with Crippen LogP contribution in [-0.4, -0.2) is 9.55 Å². The van der Waals surface area contributed by atoms with Crippen LogP contribution in [-0.2, 0) is 26.5 Å². The van der Waals surface area contributed by atoms with Gasteiger partial charge < -0.3 is 13.7 Å². The first-order valence-electron chi connectivity index (χ1n) is 13.1. The summed E-state index contributed by atoms with van der Waals surface area (Å²) in [5, 5.41) is 2.99. The van der Waals surface area contributed by atoms with Gasteiger partial charge in [0.2, 0.25) is 0 Å². The maximum absolute atomic E-state index is 6.18. The van der Waals surface area contributed by atoms with Gasteiger partial charge in [0.15, 0.2) is 0 Å². The maximum Gasteiger partial charge on any atom is 0.255 e. The molecule has 0 N–H and O–H groups in total. The molecule has 0 saturated heterocycles. The smallest absolute Gasteiger partial charge is 0.255 e. The minimum atomic E-state index is 0. The Hall–Kier alpha value is -3.86. The van der Waals surface area contributed by atoms with Crippen LogP contribution in [0, 0.1) is 18.5 Å². The van der Waals surface area contributed by atoms with Gasteiger partial charge in [0, 0.05) is 44.3 Å². The number of nitrogens with zero attached hydrogens (tertiary/aromatic N) is 3. The molecule has 3 aromatic heterocycles. The van der Waals surface area contributed by atoms with Crippen molar-refractivity contribution in [1.82, 2.24) is 9.55 Å². The molecule has 0 aliphatic rings. The van der Waals surface area contributed by atoms with E-state index in [1.807, 2.05) is 81.5 Å². The van der Waals surface area contributed by atoms with Gasteiger partial charge in [0.25, 0.3) is 6.33 Å². The van der Waals surface area contributed by atoms with E-state index in [1.54, 1.807) is 11.9 Å². The van der Waals surface area contributed by atoms with Crippen molar-refractivity contribution in [2.75, 3.05) is 0 Å². The Bertz CT molecular complexity index is 2020. The van der Waals surface area contributed by atoms with Crippen molar-refractivity contribution in [3.8, 4) is 17.2 Å². The molecule has 7 rings (SSSR count). The van der Waals surface area contributed by atoms with Crippen LogP contribution in [0.5, 0.6) is 11.5 Å². The van der Waals surface area contributed by atoms with Gasteiger partial charge in [-0.1, -0.05) is 80.4 Å². The van der Waals surface area contributed by atoms with Crippen molar-refractivity contribution in [2.45, 2.75) is 31.2 Å². The molecule has 0 aliphatic heterocycles. The van der Waals surface area contributed by atoms with Crippen molar-refractivity contribution in [2.24, 2.45) is 0 Å². The van der Waals surface area contributed by atoms with Crippen LogP contribution >= 0.6 is 11.9 Å². The third-order valence-electron chi connectivity index (χ3n) is 6.82. The van der Waals surface area contributed by atoms with E-state index in [0.29, 0.717) is 11.5 Å². The molecule has 0 atom stereocenters. The number of para-hydroxylation sites is 3. The van der Waals surface area contributed by atoms with E-state index in [9.17, 15) is 0 Å². The molecule has 3 heterocycles. The fourth-order valence-electron chi connectivity index (χ4n) is 4.74. The fourth-order valence-corrected chi connectivity index (χ4v) is 5.59. The molecule has 0 aliphatic carbocycles. The molecule has 41 heavy (non-hydrogen) atoms. The van der Waals surface area contributed by atoms with Gasteiger partial charge >= 0.3 is 0 Å². The molecule has 4 aromatic carbocycles. The summed E-state index contributed by atoms with van der Waals surface area (Å²) in [6.07, 6.45) is 5.36. The van der Waals surface area contributed by atoms with E-state index in [1.165, 1.54) is 5.56 Å². The van der Waals surface area contributed by atoms with Gasteiger partial charge in [-0.2, -0.15) is 18.2 Å². The van der Waals surface area contributed by atoms with Gasteiger partial charge in [0.1, 0.15) is 22.6 Å². The Kier molecular flexibility index (Phi) is 7.23. The van der Waals surface area contributed by atoms with Crippen LogP contribution in [0.3, 0.4) is 0 Å². The molecule has 0 fully saturated rings. The zero-order chi connectivity index (χ0) is 27.3. The average Bonchev–Trinajstić information content (AvgIpc) is 3.51. The van der Waals surface area contributed by atoms with E-state index in [2.05, 4.69) is 68.5 Å². The molecule has 0 saturated carbocycles. The summed E-state index contributed by atoms with van der Waals surface area (Å²) < 4.78 is 16.2. The zero-order valence-corrected chi connectivity index (χ0v) is 25.7. The van der Waals surface area contributed by atoms with Crippen LogP contribution in [0.25, 0.3) is 38.7 Å². The standard InChI is InChI=1S/C34H25N3O2S.Pt/c1-34(2,3)23-17-18-35-33(19-23)40-37-22-36(29-12-5-6-13-30(29)37)24-9-8-10-25(20-24)38-26-15-16-28-27-11-4-7-14-31(27)39-32(28)21-26;/h4-14,16-19,21H,1-3H3;/q-2;. The number of benzene rings is 4. The van der Waals surface area contributed by atoms with Crippen LogP contribution in [0.1, 0.15) is 26.3 Å². The molecule has 5 nitrogen and oxygen atoms in total. The quantitative estimate of drug-likeness (QED) is 0.132. The van der Waals surface area contributed by atoms with Gasteiger partial charge in [-0.05, 0) is 34.6 Å². The Morgan fingerprint density at radius 1 is 0.878 bits per heavy atom. The monoisotopic (exact) mass is 734 g/mol. The molecular formula is C34H25N3O2PtS-2. The molecular weight excluding hydrogens is 710 g/mol. The first kappa shape index (κ1) is 27.3. The molecule has 7 heteroatoms. The number of hydrogen-bond donors (Lipinski definition) is 0. The fraction of sp³-hybridized carbons (Fsp3) is 0.118. The number of ether oxygens (including phenoxy) is 1. The van der Waals surface area contributed by atoms with E-state index in [0.717, 1.165) is 43.7 Å². The first-order valence-corrected chi connectivity index (χ1v) is 13.8. The minimum absolute atomic E-state index is 0. The maximum atomic E-state index is 6.18. The average molecular weight is 735 g/mol. The molecule has 0 amide bonds. The van der Waals surface area contributed by atoms with Gasteiger partial charge in [-0.25, -0.2) is 8.96 Å². The van der Waals surface area contributed by atoms with Crippen LogP contribution < -0.4 is 8.71 Å². The summed E-state index contributed by atoms with van der Waals surface area (Å²) in [4.78, 5) is 4.61. The van der Waals surface area contributed by atoms with Crippen molar-refractivity contribution < 1.29 is 34.2 Å². The normalized spacial score (nSPS) is 11.7. The van der Waals surface area contributed by atoms with Crippen LogP contribution in [0.2, 0.25) is 0 Å². The molecule has 0 spiro atoms. The largest absolute Gasteiger partial charge is 0.510 e. The SMILES string of the molecule is CC(C)(C)c1ccnc(S[n+]2[c-]n(-c3[c-]c(Oc4[c-]cc5c(c4)oc4ccccc45)ccc3)c3ccccc32)c1.[Pt]. The van der Waals surface area contributed by atoms with Crippen molar-refractivity contribution in [3.05, 3.63) is 121 Å². The number of rotatable bonds is 5. The summed E-state index contributed by atoms with van der Waals surface area (Å²) in [6.45, 7) is 6.62. The number of fused-ring (bicyclic) bond motifs is 4. The van der Waals surface area contributed by atoms with E-state index >= 15 is 0 Å². The molecule has 0 bridgehead atoms. The summed E-state index contributed by atoms with van der Waals surface area (Å²) in [7, 11) is 0. The van der Waals surface area contributed by atoms with Crippen molar-refractivity contribution in [3.63, 3.8) is 0 Å². The summed E-state index contributed by atoms with van der Waals surface area (Å²) in [5.74, 6) is 1.14. The Morgan fingerprint density at radius 3 is 2.59 bits per heavy atom. The molecule has 0 radical (unpaired) electrons. The van der Waals surface area contributed by atoms with E-state index < -0.39 is 0 Å². The van der Waals surface area contributed by atoms with Crippen LogP contribution in [0.15, 0.2) is 107 Å². The van der Waals surface area contributed by atoms with E-state index in [-0.39, 0.29) is 26.5 Å². The second-order valence-corrected chi connectivity index (χ2v) is 11.6. The predicted molar refractivity (Wildman–Crippen MR) is 158 cm³/mol. The summed E-state index contributed by atoms with van der Waals surface area (Å²) >= 11 is 1.54.